The molecule has 2 aromatic carbocycles. The highest BCUT2D eigenvalue weighted by Crippen LogP contribution is 2.23. The van der Waals surface area contributed by atoms with E-state index in [1.807, 2.05) is 42.5 Å². The number of halogens is 1. The summed E-state index contributed by atoms with van der Waals surface area (Å²) in [6, 6.07) is 13.9. The van der Waals surface area contributed by atoms with E-state index in [0.29, 0.717) is 5.02 Å². The molecule has 0 saturated heterocycles. The summed E-state index contributed by atoms with van der Waals surface area (Å²) in [5.74, 6) is -3.15. The van der Waals surface area contributed by atoms with Gasteiger partial charge in [0.1, 0.15) is 0 Å². The predicted molar refractivity (Wildman–Crippen MR) is 103 cm³/mol. The van der Waals surface area contributed by atoms with E-state index in [1.165, 1.54) is 0 Å². The van der Waals surface area contributed by atoms with Crippen LogP contribution in [0.4, 0.5) is 4.79 Å². The van der Waals surface area contributed by atoms with Crippen LogP contribution in [0.2, 0.25) is 5.02 Å². The quantitative estimate of drug-likeness (QED) is 0.433. The highest BCUT2D eigenvalue weighted by Gasteiger charge is 2.21. The lowest BCUT2D eigenvalue weighted by Crippen LogP contribution is -2.43. The summed E-state index contributed by atoms with van der Waals surface area (Å²) >= 11 is 6.00. The number of primary amides is 1. The molecule has 146 valence electrons. The van der Waals surface area contributed by atoms with Crippen molar-refractivity contribution in [2.24, 2.45) is 5.73 Å². The second kappa shape index (κ2) is 9.52. The van der Waals surface area contributed by atoms with Crippen molar-refractivity contribution < 1.29 is 24.2 Å². The molecule has 0 heterocycles. The lowest BCUT2D eigenvalue weighted by atomic mass is 9.99. The van der Waals surface area contributed by atoms with Crippen LogP contribution in [0.5, 0.6) is 0 Å². The average molecular weight is 404 g/mol. The summed E-state index contributed by atoms with van der Waals surface area (Å²) in [5, 5.41) is 19.4. The molecular weight excluding hydrogens is 386 g/mol. The number of carboxylic acids is 1. The smallest absolute Gasteiger partial charge is 0.411 e. The molecule has 2 aromatic rings. The van der Waals surface area contributed by atoms with Gasteiger partial charge >= 0.3 is 18.0 Å². The van der Waals surface area contributed by atoms with E-state index in [0.717, 1.165) is 16.7 Å². The van der Waals surface area contributed by atoms with E-state index in [-0.39, 0.29) is 12.8 Å². The Morgan fingerprint density at radius 1 is 1.14 bits per heavy atom. The Bertz CT molecular complexity index is 899. The molecule has 9 heteroatoms. The van der Waals surface area contributed by atoms with Crippen molar-refractivity contribution in [1.29, 1.82) is 5.41 Å². The Morgan fingerprint density at radius 3 is 2.39 bits per heavy atom. The van der Waals surface area contributed by atoms with Crippen LogP contribution in [0.3, 0.4) is 0 Å². The molecule has 0 unspecified atom stereocenters. The number of carboxylic acid groups (broad SMARTS) is 1. The van der Waals surface area contributed by atoms with Crippen molar-refractivity contribution in [2.45, 2.75) is 18.9 Å². The number of aliphatic carboxylic acids is 1. The first kappa shape index (κ1) is 20.9. The largest absolute Gasteiger partial charge is 0.481 e. The van der Waals surface area contributed by atoms with Crippen LogP contribution < -0.4 is 11.1 Å². The molecule has 8 nitrogen and oxygen atoms in total. The maximum absolute atomic E-state index is 11.9. The molecule has 0 aliphatic rings. The minimum Gasteiger partial charge on any atom is -0.481 e. The first-order chi connectivity index (χ1) is 13.2. The minimum absolute atomic E-state index is 0.206. The summed E-state index contributed by atoms with van der Waals surface area (Å²) in [5.41, 5.74) is 7.40. The molecule has 0 saturated carbocycles. The number of benzene rings is 2. The third kappa shape index (κ3) is 6.40. The zero-order valence-electron chi connectivity index (χ0n) is 14.6. The monoisotopic (exact) mass is 403 g/mol. The van der Waals surface area contributed by atoms with Gasteiger partial charge in [0.2, 0.25) is 0 Å². The molecule has 2 amide bonds. The molecule has 0 radical (unpaired) electrons. The second-order valence-corrected chi connectivity index (χ2v) is 6.37. The molecule has 0 aliphatic carbocycles. The van der Waals surface area contributed by atoms with Crippen LogP contribution in [0.1, 0.15) is 12.0 Å². The fourth-order valence-electron chi connectivity index (χ4n) is 2.57. The minimum atomic E-state index is -1.30. The maximum Gasteiger partial charge on any atom is 0.411 e. The normalized spacial score (nSPS) is 11.3. The number of rotatable bonds is 6. The van der Waals surface area contributed by atoms with E-state index >= 15 is 0 Å². The van der Waals surface area contributed by atoms with Crippen LogP contribution in [-0.4, -0.2) is 35.0 Å². The molecule has 1 atom stereocenters. The van der Waals surface area contributed by atoms with Crippen molar-refractivity contribution in [3.8, 4) is 11.1 Å². The Labute approximate surface area is 165 Å². The van der Waals surface area contributed by atoms with Gasteiger partial charge in [0.15, 0.2) is 0 Å². The van der Waals surface area contributed by atoms with Gasteiger partial charge in [0, 0.05) is 11.1 Å². The molecule has 5 N–H and O–H groups in total. The molecule has 28 heavy (non-hydrogen) atoms. The molecule has 0 aliphatic heterocycles. The summed E-state index contributed by atoms with van der Waals surface area (Å²) in [6.07, 6.45) is -1.46. The van der Waals surface area contributed by atoms with Gasteiger partial charge in [-0.15, -0.1) is 0 Å². The third-order valence-corrected chi connectivity index (χ3v) is 3.99. The van der Waals surface area contributed by atoms with E-state index in [4.69, 9.17) is 27.9 Å². The highest BCUT2D eigenvalue weighted by molar-refractivity contribution is 6.35. The number of hydrogen-bond donors (Lipinski definition) is 4. The SMILES string of the molecule is N=C(OC(N)=O)C(=O)N[C@@H](CC(=O)O)Cc1ccc(-c2cccc(Cl)c2)cc1. The molecule has 0 bridgehead atoms. The molecule has 0 fully saturated rings. The number of nitrogens with one attached hydrogen (secondary N) is 2. The first-order valence-electron chi connectivity index (χ1n) is 8.18. The van der Waals surface area contributed by atoms with Gasteiger partial charge in [-0.2, -0.15) is 0 Å². The molecule has 2 rings (SSSR count). The summed E-state index contributed by atoms with van der Waals surface area (Å²) in [4.78, 5) is 33.6. The van der Waals surface area contributed by atoms with Crippen molar-refractivity contribution in [2.75, 3.05) is 0 Å². The van der Waals surface area contributed by atoms with E-state index < -0.39 is 29.9 Å². The van der Waals surface area contributed by atoms with E-state index in [9.17, 15) is 14.4 Å². The summed E-state index contributed by atoms with van der Waals surface area (Å²) < 4.78 is 4.19. The van der Waals surface area contributed by atoms with Crippen LogP contribution in [0, 0.1) is 5.41 Å². The van der Waals surface area contributed by atoms with Crippen LogP contribution in [-0.2, 0) is 20.7 Å². The number of carbonyl (C=O) groups excluding carboxylic acids is 2. The fourth-order valence-corrected chi connectivity index (χ4v) is 2.76. The highest BCUT2D eigenvalue weighted by atomic mass is 35.5. The van der Waals surface area contributed by atoms with Gasteiger partial charge in [-0.3, -0.25) is 15.0 Å². The van der Waals surface area contributed by atoms with Gasteiger partial charge in [0.25, 0.3) is 5.90 Å². The summed E-state index contributed by atoms with van der Waals surface area (Å²) in [6.45, 7) is 0. The third-order valence-electron chi connectivity index (χ3n) is 3.76. The van der Waals surface area contributed by atoms with Crippen LogP contribution >= 0.6 is 11.6 Å². The van der Waals surface area contributed by atoms with Crippen molar-refractivity contribution in [3.63, 3.8) is 0 Å². The first-order valence-corrected chi connectivity index (χ1v) is 8.55. The second-order valence-electron chi connectivity index (χ2n) is 5.93. The van der Waals surface area contributed by atoms with Crippen molar-refractivity contribution >= 4 is 35.5 Å². The molecular formula is C19H18ClN3O5. The number of amides is 2. The number of carbonyl (C=O) groups is 3. The Kier molecular flexibility index (Phi) is 7.11. The van der Waals surface area contributed by atoms with Crippen LogP contribution in [0.25, 0.3) is 11.1 Å². The average Bonchev–Trinajstić information content (AvgIpc) is 2.61. The zero-order valence-corrected chi connectivity index (χ0v) is 15.4. The number of nitrogens with two attached hydrogens (primary N) is 1. The van der Waals surface area contributed by atoms with Gasteiger partial charge < -0.3 is 20.9 Å². The Balaban J connectivity index is 2.09. The molecule has 0 spiro atoms. The summed E-state index contributed by atoms with van der Waals surface area (Å²) in [7, 11) is 0. The van der Waals surface area contributed by atoms with Crippen molar-refractivity contribution in [1.82, 2.24) is 5.32 Å². The van der Waals surface area contributed by atoms with Crippen LogP contribution in [0.15, 0.2) is 48.5 Å². The van der Waals surface area contributed by atoms with Gasteiger partial charge in [0.05, 0.1) is 6.42 Å². The maximum atomic E-state index is 11.9. The predicted octanol–water partition coefficient (Wildman–Crippen LogP) is 2.58. The number of ether oxygens (including phenoxy) is 1. The van der Waals surface area contributed by atoms with Gasteiger partial charge in [-0.05, 0) is 35.2 Å². The van der Waals surface area contributed by atoms with E-state index in [1.54, 1.807) is 6.07 Å². The Hall–Kier alpha value is -3.39. The zero-order chi connectivity index (χ0) is 20.7. The number of hydrogen-bond acceptors (Lipinski definition) is 5. The van der Waals surface area contributed by atoms with Gasteiger partial charge in [-0.1, -0.05) is 48.0 Å². The Morgan fingerprint density at radius 2 is 1.82 bits per heavy atom. The standard InChI is InChI=1S/C19H18ClN3O5/c20-14-3-1-2-13(9-14)12-6-4-11(5-7-12)8-15(10-16(24)25)23-18(26)17(21)28-19(22)27/h1-7,9,15,21H,8,10H2,(H2,22,27)(H,23,26)(H,24,25)/t15-/m1/s1. The lowest BCUT2D eigenvalue weighted by molar-refractivity contribution is -0.137. The van der Waals surface area contributed by atoms with E-state index in [2.05, 4.69) is 10.1 Å². The fraction of sp³-hybridized carbons (Fsp3) is 0.158. The molecule has 0 aromatic heterocycles. The topological polar surface area (TPSA) is 143 Å². The van der Waals surface area contributed by atoms with Gasteiger partial charge in [-0.25, -0.2) is 4.79 Å². The van der Waals surface area contributed by atoms with Crippen molar-refractivity contribution in [3.05, 3.63) is 59.1 Å². The lowest BCUT2D eigenvalue weighted by Gasteiger charge is -2.17.